The minimum Gasteiger partial charge on any atom is -0.462 e. The average Bonchev–Trinajstić information content (AvgIpc) is 3.21. The van der Waals surface area contributed by atoms with Crippen LogP contribution in [-0.4, -0.2) is 57.0 Å². The van der Waals surface area contributed by atoms with E-state index >= 15 is 4.39 Å². The number of hydrogen-bond donors (Lipinski definition) is 2. The third-order valence-electron chi connectivity index (χ3n) is 5.99. The zero-order chi connectivity index (χ0) is 27.4. The summed E-state index contributed by atoms with van der Waals surface area (Å²) in [5.41, 5.74) is 3.48. The normalized spacial score (nSPS) is 13.6. The van der Waals surface area contributed by atoms with Crippen molar-refractivity contribution in [2.75, 3.05) is 49.8 Å². The lowest BCUT2D eigenvalue weighted by Crippen LogP contribution is -2.35. The van der Waals surface area contributed by atoms with Gasteiger partial charge in [-0.15, -0.1) is 0 Å². The minimum absolute atomic E-state index is 0.145. The fourth-order valence-electron chi connectivity index (χ4n) is 4.16. The summed E-state index contributed by atoms with van der Waals surface area (Å²) in [7, 11) is 5.06. The fourth-order valence-corrected chi connectivity index (χ4v) is 4.16. The number of esters is 1. The van der Waals surface area contributed by atoms with Gasteiger partial charge < -0.3 is 25.2 Å². The molecule has 0 saturated heterocycles. The van der Waals surface area contributed by atoms with Crippen molar-refractivity contribution in [2.45, 2.75) is 6.92 Å². The van der Waals surface area contributed by atoms with Gasteiger partial charge in [-0.2, -0.15) is 0 Å². The first kappa shape index (κ1) is 26.6. The lowest BCUT2D eigenvalue weighted by Gasteiger charge is -2.21. The SMILES string of the molecule is CCOC(=O)c1ccc2c(c1)NC(=O)/C2=C(\Nc1ccc(N(C)C(=O)CN(C)C)c(F)c1)c1ccccc1. The molecule has 0 unspecified atom stereocenters. The van der Waals surface area contributed by atoms with Crippen LogP contribution in [0.25, 0.3) is 11.3 Å². The number of carbonyl (C=O) groups excluding carboxylic acids is 3. The number of carbonyl (C=O) groups is 3. The predicted molar refractivity (Wildman–Crippen MR) is 146 cm³/mol. The van der Waals surface area contributed by atoms with E-state index in [1.807, 2.05) is 30.3 Å². The van der Waals surface area contributed by atoms with Crippen LogP contribution in [0, 0.1) is 5.82 Å². The maximum Gasteiger partial charge on any atom is 0.338 e. The molecule has 2 N–H and O–H groups in total. The molecule has 4 rings (SSSR count). The van der Waals surface area contributed by atoms with E-state index in [-0.39, 0.29) is 30.7 Å². The molecule has 1 heterocycles. The first-order chi connectivity index (χ1) is 18.2. The number of hydrogen-bond acceptors (Lipinski definition) is 6. The number of ether oxygens (including phenoxy) is 1. The summed E-state index contributed by atoms with van der Waals surface area (Å²) < 4.78 is 20.2. The van der Waals surface area contributed by atoms with E-state index in [1.165, 1.54) is 24.1 Å². The number of rotatable bonds is 8. The van der Waals surface area contributed by atoms with E-state index in [0.717, 1.165) is 0 Å². The van der Waals surface area contributed by atoms with Crippen molar-refractivity contribution in [2.24, 2.45) is 0 Å². The molecule has 38 heavy (non-hydrogen) atoms. The lowest BCUT2D eigenvalue weighted by atomic mass is 9.99. The maximum absolute atomic E-state index is 15.1. The first-order valence-corrected chi connectivity index (χ1v) is 12.1. The van der Waals surface area contributed by atoms with Crippen molar-refractivity contribution >= 4 is 46.1 Å². The number of amides is 2. The van der Waals surface area contributed by atoms with Gasteiger partial charge in [0.25, 0.3) is 5.91 Å². The smallest absolute Gasteiger partial charge is 0.338 e. The standard InChI is InChI=1S/C29H29FN4O4/c1-5-38-29(37)19-11-13-21-23(15-19)32-28(36)26(21)27(18-9-7-6-8-10-18)31-20-12-14-24(22(30)16-20)34(4)25(35)17-33(2)3/h6-16,31H,5,17H2,1-4H3,(H,32,36)/b27-26-. The van der Waals surface area contributed by atoms with E-state index in [2.05, 4.69) is 10.6 Å². The van der Waals surface area contributed by atoms with Crippen molar-refractivity contribution in [3.05, 3.63) is 89.2 Å². The molecular formula is C29H29FN4O4. The Morgan fingerprint density at radius 1 is 0.974 bits per heavy atom. The fraction of sp³-hybridized carbons (Fsp3) is 0.207. The van der Waals surface area contributed by atoms with Gasteiger partial charge in [0.1, 0.15) is 5.82 Å². The van der Waals surface area contributed by atoms with Crippen molar-refractivity contribution in [1.82, 2.24) is 4.90 Å². The van der Waals surface area contributed by atoms with Crippen molar-refractivity contribution < 1.29 is 23.5 Å². The molecule has 0 spiro atoms. The summed E-state index contributed by atoms with van der Waals surface area (Å²) in [5, 5.41) is 6.03. The van der Waals surface area contributed by atoms with Crippen molar-refractivity contribution in [3.63, 3.8) is 0 Å². The van der Waals surface area contributed by atoms with Gasteiger partial charge in [-0.25, -0.2) is 9.18 Å². The molecule has 0 atom stereocenters. The molecule has 3 aromatic carbocycles. The average molecular weight is 517 g/mol. The summed E-state index contributed by atoms with van der Waals surface area (Å²) in [5.74, 6) is -1.67. The van der Waals surface area contributed by atoms with E-state index in [9.17, 15) is 14.4 Å². The van der Waals surface area contributed by atoms with Gasteiger partial charge in [0.15, 0.2) is 0 Å². The predicted octanol–water partition coefficient (Wildman–Crippen LogP) is 4.46. The molecule has 0 fully saturated rings. The van der Waals surface area contributed by atoms with Crippen LogP contribution in [0.2, 0.25) is 0 Å². The Morgan fingerprint density at radius 2 is 1.71 bits per heavy atom. The first-order valence-electron chi connectivity index (χ1n) is 12.1. The van der Waals surface area contributed by atoms with Gasteiger partial charge in [-0.3, -0.25) is 9.59 Å². The number of halogens is 1. The largest absolute Gasteiger partial charge is 0.462 e. The van der Waals surface area contributed by atoms with Crippen LogP contribution in [0.4, 0.5) is 21.5 Å². The van der Waals surface area contributed by atoms with E-state index in [4.69, 9.17) is 4.74 Å². The zero-order valence-electron chi connectivity index (χ0n) is 21.7. The number of fused-ring (bicyclic) bond motifs is 1. The van der Waals surface area contributed by atoms with E-state index in [0.29, 0.717) is 39.3 Å². The highest BCUT2D eigenvalue weighted by atomic mass is 19.1. The van der Waals surface area contributed by atoms with Crippen molar-refractivity contribution in [3.8, 4) is 0 Å². The molecule has 0 aromatic heterocycles. The molecule has 0 radical (unpaired) electrons. The van der Waals surface area contributed by atoms with Crippen LogP contribution < -0.4 is 15.5 Å². The molecular weight excluding hydrogens is 487 g/mol. The Bertz CT molecular complexity index is 1420. The lowest BCUT2D eigenvalue weighted by molar-refractivity contribution is -0.119. The number of likely N-dealkylation sites (N-methyl/N-ethyl adjacent to an activating group) is 2. The van der Waals surface area contributed by atoms with Crippen LogP contribution in [0.1, 0.15) is 28.4 Å². The van der Waals surface area contributed by atoms with E-state index in [1.54, 1.807) is 50.2 Å². The Kier molecular flexibility index (Phi) is 7.87. The Morgan fingerprint density at radius 3 is 2.37 bits per heavy atom. The number of benzene rings is 3. The minimum atomic E-state index is -0.586. The second-order valence-electron chi connectivity index (χ2n) is 9.03. The summed E-state index contributed by atoms with van der Waals surface area (Å²) in [6, 6.07) is 18.5. The molecule has 8 nitrogen and oxygen atoms in total. The molecule has 2 amide bonds. The Labute approximate surface area is 220 Å². The highest BCUT2D eigenvalue weighted by molar-refractivity contribution is 6.37. The molecule has 0 bridgehead atoms. The second-order valence-corrected chi connectivity index (χ2v) is 9.03. The van der Waals surface area contributed by atoms with Gasteiger partial charge >= 0.3 is 5.97 Å². The number of nitrogens with one attached hydrogen (secondary N) is 2. The van der Waals surface area contributed by atoms with Crippen LogP contribution in [0.5, 0.6) is 0 Å². The van der Waals surface area contributed by atoms with Gasteiger partial charge in [-0.1, -0.05) is 36.4 Å². The van der Waals surface area contributed by atoms with Gasteiger partial charge in [0.2, 0.25) is 5.91 Å². The van der Waals surface area contributed by atoms with E-state index < -0.39 is 11.8 Å². The summed E-state index contributed by atoms with van der Waals surface area (Å²) in [6.45, 7) is 2.11. The topological polar surface area (TPSA) is 91.0 Å². The van der Waals surface area contributed by atoms with Gasteiger partial charge in [-0.05, 0) is 56.9 Å². The summed E-state index contributed by atoms with van der Waals surface area (Å²) in [4.78, 5) is 40.7. The second kappa shape index (κ2) is 11.3. The number of anilines is 3. The molecule has 196 valence electrons. The van der Waals surface area contributed by atoms with Gasteiger partial charge in [0.05, 0.1) is 41.4 Å². The third kappa shape index (κ3) is 5.57. The van der Waals surface area contributed by atoms with Crippen molar-refractivity contribution in [1.29, 1.82) is 0 Å². The highest BCUT2D eigenvalue weighted by Crippen LogP contribution is 2.38. The van der Waals surface area contributed by atoms with Crippen LogP contribution in [0.15, 0.2) is 66.7 Å². The Balaban J connectivity index is 1.74. The van der Waals surface area contributed by atoms with Crippen LogP contribution in [0.3, 0.4) is 0 Å². The molecule has 0 aliphatic carbocycles. The van der Waals surface area contributed by atoms with Crippen LogP contribution >= 0.6 is 0 Å². The molecule has 0 saturated carbocycles. The zero-order valence-corrected chi connectivity index (χ0v) is 21.7. The Hall–Kier alpha value is -4.50. The van der Waals surface area contributed by atoms with Crippen LogP contribution in [-0.2, 0) is 14.3 Å². The third-order valence-corrected chi connectivity index (χ3v) is 5.99. The summed E-state index contributed by atoms with van der Waals surface area (Å²) in [6.07, 6.45) is 0. The van der Waals surface area contributed by atoms with Gasteiger partial charge in [0, 0.05) is 18.3 Å². The number of nitrogens with zero attached hydrogens (tertiary/aromatic N) is 2. The summed E-state index contributed by atoms with van der Waals surface area (Å²) >= 11 is 0. The molecule has 9 heteroatoms. The quantitative estimate of drug-likeness (QED) is 0.339. The maximum atomic E-state index is 15.1. The molecule has 1 aliphatic rings. The molecule has 1 aliphatic heterocycles. The monoisotopic (exact) mass is 516 g/mol. The highest BCUT2D eigenvalue weighted by Gasteiger charge is 2.29. The molecule has 3 aromatic rings.